The molecule has 1 aromatic rings. The van der Waals surface area contributed by atoms with Crippen LogP contribution in [0.5, 0.6) is 5.75 Å². The number of ether oxygens (including phenoxy) is 1. The first kappa shape index (κ1) is 19.9. The predicted octanol–water partition coefficient (Wildman–Crippen LogP) is 1.31. The summed E-state index contributed by atoms with van der Waals surface area (Å²) in [6.07, 6.45) is 0.933. The predicted molar refractivity (Wildman–Crippen MR) is 106 cm³/mol. The van der Waals surface area contributed by atoms with Gasteiger partial charge < -0.3 is 25.2 Å². The van der Waals surface area contributed by atoms with Crippen LogP contribution in [-0.2, 0) is 4.79 Å². The van der Waals surface area contributed by atoms with Crippen LogP contribution in [0.3, 0.4) is 0 Å². The van der Waals surface area contributed by atoms with Crippen LogP contribution in [-0.4, -0.2) is 69.7 Å². The molecule has 0 atom stereocenters. The third kappa shape index (κ3) is 5.82. The minimum Gasteiger partial charge on any atom is -0.497 e. The SMILES string of the molecule is CCCNC(=O)CN=C(NCC)N1CCN(c2ccc(OC)cc2)CC1. The van der Waals surface area contributed by atoms with Crippen LogP contribution in [0, 0.1) is 0 Å². The lowest BCUT2D eigenvalue weighted by Crippen LogP contribution is -2.52. The minimum absolute atomic E-state index is 0.0286. The van der Waals surface area contributed by atoms with Gasteiger partial charge in [-0.25, -0.2) is 4.99 Å². The first-order valence-corrected chi connectivity index (χ1v) is 9.36. The van der Waals surface area contributed by atoms with Crippen LogP contribution in [0.2, 0.25) is 0 Å². The lowest BCUT2D eigenvalue weighted by molar-refractivity contribution is -0.119. The summed E-state index contributed by atoms with van der Waals surface area (Å²) in [5, 5.41) is 6.15. The fourth-order valence-electron chi connectivity index (χ4n) is 2.86. The zero-order chi connectivity index (χ0) is 18.8. The van der Waals surface area contributed by atoms with E-state index in [1.807, 2.05) is 26.0 Å². The summed E-state index contributed by atoms with van der Waals surface area (Å²) in [7, 11) is 1.68. The van der Waals surface area contributed by atoms with E-state index in [0.29, 0.717) is 6.54 Å². The van der Waals surface area contributed by atoms with E-state index in [0.717, 1.165) is 50.9 Å². The molecule has 7 nitrogen and oxygen atoms in total. The summed E-state index contributed by atoms with van der Waals surface area (Å²) >= 11 is 0. The summed E-state index contributed by atoms with van der Waals surface area (Å²) < 4.78 is 5.22. The number of carbonyl (C=O) groups excluding carboxylic acids is 1. The molecule has 1 fully saturated rings. The van der Waals surface area contributed by atoms with Gasteiger partial charge in [-0.2, -0.15) is 0 Å². The Labute approximate surface area is 156 Å². The fourth-order valence-corrected chi connectivity index (χ4v) is 2.86. The summed E-state index contributed by atoms with van der Waals surface area (Å²) in [6, 6.07) is 8.15. The maximum absolute atomic E-state index is 11.8. The van der Waals surface area contributed by atoms with Crippen molar-refractivity contribution in [1.82, 2.24) is 15.5 Å². The highest BCUT2D eigenvalue weighted by Gasteiger charge is 2.20. The second-order valence-electron chi connectivity index (χ2n) is 6.19. The minimum atomic E-state index is -0.0286. The van der Waals surface area contributed by atoms with Gasteiger partial charge in [0.25, 0.3) is 0 Å². The lowest BCUT2D eigenvalue weighted by atomic mass is 10.2. The average molecular weight is 361 g/mol. The van der Waals surface area contributed by atoms with Crippen LogP contribution in [0.25, 0.3) is 0 Å². The van der Waals surface area contributed by atoms with Crippen molar-refractivity contribution < 1.29 is 9.53 Å². The number of amides is 1. The maximum atomic E-state index is 11.8. The van der Waals surface area contributed by atoms with Crippen molar-refractivity contribution in [2.24, 2.45) is 4.99 Å². The molecule has 1 saturated heterocycles. The van der Waals surface area contributed by atoms with Crippen molar-refractivity contribution in [1.29, 1.82) is 0 Å². The Bertz CT molecular complexity index is 580. The van der Waals surface area contributed by atoms with Gasteiger partial charge in [0.2, 0.25) is 5.91 Å². The number of hydrogen-bond acceptors (Lipinski definition) is 4. The Morgan fingerprint density at radius 3 is 2.38 bits per heavy atom. The molecule has 0 radical (unpaired) electrons. The number of guanidine groups is 1. The molecule has 0 saturated carbocycles. The van der Waals surface area contributed by atoms with Gasteiger partial charge >= 0.3 is 0 Å². The largest absolute Gasteiger partial charge is 0.497 e. The first-order valence-electron chi connectivity index (χ1n) is 9.36. The maximum Gasteiger partial charge on any atom is 0.241 e. The van der Waals surface area contributed by atoms with Crippen molar-refractivity contribution in [2.45, 2.75) is 20.3 Å². The van der Waals surface area contributed by atoms with Crippen LogP contribution < -0.4 is 20.3 Å². The molecule has 144 valence electrons. The van der Waals surface area contributed by atoms with Crippen molar-refractivity contribution in [3.05, 3.63) is 24.3 Å². The number of piperazine rings is 1. The molecular formula is C19H31N5O2. The van der Waals surface area contributed by atoms with Crippen LogP contribution in [0.15, 0.2) is 29.3 Å². The number of hydrogen-bond donors (Lipinski definition) is 2. The first-order chi connectivity index (χ1) is 12.7. The van der Waals surface area contributed by atoms with Gasteiger partial charge in [-0.1, -0.05) is 6.92 Å². The summed E-state index contributed by atoms with van der Waals surface area (Å²) in [5.41, 5.74) is 1.20. The fraction of sp³-hybridized carbons (Fsp3) is 0.579. The zero-order valence-corrected chi connectivity index (χ0v) is 16.1. The third-order valence-electron chi connectivity index (χ3n) is 4.30. The Kier molecular flexibility index (Phi) is 8.05. The van der Waals surface area contributed by atoms with E-state index in [1.54, 1.807) is 7.11 Å². The van der Waals surface area contributed by atoms with Crippen LogP contribution >= 0.6 is 0 Å². The van der Waals surface area contributed by atoms with Crippen molar-refractivity contribution in [3.8, 4) is 5.75 Å². The highest BCUT2D eigenvalue weighted by atomic mass is 16.5. The van der Waals surface area contributed by atoms with Gasteiger partial charge in [-0.15, -0.1) is 0 Å². The van der Waals surface area contributed by atoms with E-state index < -0.39 is 0 Å². The van der Waals surface area contributed by atoms with Gasteiger partial charge in [-0.3, -0.25) is 4.79 Å². The number of anilines is 1. The van der Waals surface area contributed by atoms with Gasteiger partial charge in [0.15, 0.2) is 5.96 Å². The monoisotopic (exact) mass is 361 g/mol. The highest BCUT2D eigenvalue weighted by molar-refractivity contribution is 5.85. The highest BCUT2D eigenvalue weighted by Crippen LogP contribution is 2.20. The Balaban J connectivity index is 1.90. The van der Waals surface area contributed by atoms with Crippen LogP contribution in [0.4, 0.5) is 5.69 Å². The molecule has 0 unspecified atom stereocenters. The summed E-state index contributed by atoms with van der Waals surface area (Å²) in [4.78, 5) is 20.9. The molecule has 1 heterocycles. The zero-order valence-electron chi connectivity index (χ0n) is 16.1. The second-order valence-corrected chi connectivity index (χ2v) is 6.19. The molecule has 26 heavy (non-hydrogen) atoms. The lowest BCUT2D eigenvalue weighted by Gasteiger charge is -2.37. The Morgan fingerprint density at radius 1 is 1.12 bits per heavy atom. The second kappa shape index (κ2) is 10.5. The van der Waals surface area contributed by atoms with Crippen molar-refractivity contribution in [3.63, 3.8) is 0 Å². The number of carbonyl (C=O) groups is 1. The number of methoxy groups -OCH3 is 1. The smallest absolute Gasteiger partial charge is 0.241 e. The number of nitrogens with zero attached hydrogens (tertiary/aromatic N) is 3. The number of nitrogens with one attached hydrogen (secondary N) is 2. The van der Waals surface area contributed by atoms with Gasteiger partial charge in [0.1, 0.15) is 12.3 Å². The quantitative estimate of drug-likeness (QED) is 0.566. The molecule has 0 aliphatic carbocycles. The summed E-state index contributed by atoms with van der Waals surface area (Å²) in [6.45, 7) is 9.30. The van der Waals surface area contributed by atoms with Gasteiger partial charge in [0.05, 0.1) is 7.11 Å². The van der Waals surface area contributed by atoms with Crippen molar-refractivity contribution >= 4 is 17.6 Å². The molecule has 1 aromatic carbocycles. The molecular weight excluding hydrogens is 330 g/mol. The topological polar surface area (TPSA) is 69.2 Å². The molecule has 0 aromatic heterocycles. The standard InChI is InChI=1S/C19H31N5O2/c1-4-10-21-18(25)15-22-19(20-5-2)24-13-11-23(12-14-24)16-6-8-17(26-3)9-7-16/h6-9H,4-5,10-15H2,1-3H3,(H,20,22)(H,21,25). The molecule has 1 aliphatic heterocycles. The molecule has 2 N–H and O–H groups in total. The number of aliphatic imine (C=N–C) groups is 1. The Morgan fingerprint density at radius 2 is 1.81 bits per heavy atom. The molecule has 1 aliphatic rings. The van der Waals surface area contributed by atoms with E-state index in [1.165, 1.54) is 5.69 Å². The molecule has 1 amide bonds. The molecule has 7 heteroatoms. The third-order valence-corrected chi connectivity index (χ3v) is 4.30. The number of rotatable bonds is 7. The molecule has 2 rings (SSSR count). The van der Waals surface area contributed by atoms with Crippen LogP contribution in [0.1, 0.15) is 20.3 Å². The normalized spacial score (nSPS) is 15.0. The van der Waals surface area contributed by atoms with E-state index in [4.69, 9.17) is 4.74 Å². The van der Waals surface area contributed by atoms with Gasteiger partial charge in [0, 0.05) is 45.0 Å². The van der Waals surface area contributed by atoms with Gasteiger partial charge in [-0.05, 0) is 37.6 Å². The van der Waals surface area contributed by atoms with E-state index >= 15 is 0 Å². The Hall–Kier alpha value is -2.44. The molecule has 0 spiro atoms. The van der Waals surface area contributed by atoms with E-state index in [9.17, 15) is 4.79 Å². The molecule has 0 bridgehead atoms. The average Bonchev–Trinajstić information content (AvgIpc) is 2.69. The van der Waals surface area contributed by atoms with E-state index in [-0.39, 0.29) is 12.5 Å². The van der Waals surface area contributed by atoms with E-state index in [2.05, 4.69) is 37.6 Å². The summed E-state index contributed by atoms with van der Waals surface area (Å²) in [5.74, 6) is 1.66. The van der Waals surface area contributed by atoms with Crippen molar-refractivity contribution in [2.75, 3.05) is 57.8 Å². The number of benzene rings is 1.